The van der Waals surface area contributed by atoms with Crippen molar-refractivity contribution in [3.63, 3.8) is 0 Å². The van der Waals surface area contributed by atoms with Crippen molar-refractivity contribution in [2.45, 2.75) is 13.0 Å². The lowest BCUT2D eigenvalue weighted by Gasteiger charge is -2.22. The number of ether oxygens (including phenoxy) is 1. The average molecular weight is 250 g/mol. The monoisotopic (exact) mass is 250 g/mol. The number of methoxy groups -OCH3 is 1. The summed E-state index contributed by atoms with van der Waals surface area (Å²) in [7, 11) is 3.50. The summed E-state index contributed by atoms with van der Waals surface area (Å²) in [5.41, 5.74) is 1.14. The van der Waals surface area contributed by atoms with E-state index >= 15 is 0 Å². The van der Waals surface area contributed by atoms with Gasteiger partial charge in [0, 0.05) is 33.2 Å². The first kappa shape index (κ1) is 14.7. The maximum atomic E-state index is 12.0. The van der Waals surface area contributed by atoms with E-state index in [2.05, 4.69) is 5.32 Å². The van der Waals surface area contributed by atoms with Crippen LogP contribution >= 0.6 is 0 Å². The minimum Gasteiger partial charge on any atom is -0.383 e. The SMILES string of the molecule is CNCCC(=O)N(CCOC)Cc1ccccc1. The van der Waals surface area contributed by atoms with Crippen LogP contribution < -0.4 is 5.32 Å². The van der Waals surface area contributed by atoms with Gasteiger partial charge < -0.3 is 15.0 Å². The fourth-order valence-corrected chi connectivity index (χ4v) is 1.69. The van der Waals surface area contributed by atoms with Crippen molar-refractivity contribution in [3.05, 3.63) is 35.9 Å². The Morgan fingerprint density at radius 1 is 1.33 bits per heavy atom. The van der Waals surface area contributed by atoms with Crippen molar-refractivity contribution in [1.82, 2.24) is 10.2 Å². The summed E-state index contributed by atoms with van der Waals surface area (Å²) in [6, 6.07) is 10.0. The fourth-order valence-electron chi connectivity index (χ4n) is 1.69. The molecule has 0 aromatic heterocycles. The lowest BCUT2D eigenvalue weighted by Crippen LogP contribution is -2.34. The molecule has 100 valence electrons. The van der Waals surface area contributed by atoms with E-state index in [-0.39, 0.29) is 5.91 Å². The van der Waals surface area contributed by atoms with Crippen LogP contribution in [0.15, 0.2) is 30.3 Å². The van der Waals surface area contributed by atoms with Gasteiger partial charge in [-0.2, -0.15) is 0 Å². The van der Waals surface area contributed by atoms with Crippen LogP contribution in [0.25, 0.3) is 0 Å². The van der Waals surface area contributed by atoms with Crippen molar-refractivity contribution >= 4 is 5.91 Å². The van der Waals surface area contributed by atoms with E-state index in [0.29, 0.717) is 32.7 Å². The summed E-state index contributed by atoms with van der Waals surface area (Å²) >= 11 is 0. The van der Waals surface area contributed by atoms with Crippen molar-refractivity contribution < 1.29 is 9.53 Å². The average Bonchev–Trinajstić information content (AvgIpc) is 2.42. The van der Waals surface area contributed by atoms with Gasteiger partial charge in [0.25, 0.3) is 0 Å². The maximum Gasteiger partial charge on any atom is 0.224 e. The number of nitrogens with one attached hydrogen (secondary N) is 1. The van der Waals surface area contributed by atoms with Crippen LogP contribution in [0.4, 0.5) is 0 Å². The van der Waals surface area contributed by atoms with E-state index in [1.807, 2.05) is 42.3 Å². The standard InChI is InChI=1S/C14H22N2O2/c1-15-9-8-14(17)16(10-11-18-2)12-13-6-4-3-5-7-13/h3-7,15H,8-12H2,1-2H3. The highest BCUT2D eigenvalue weighted by Gasteiger charge is 2.12. The number of carbonyl (C=O) groups excluding carboxylic acids is 1. The molecule has 1 aromatic carbocycles. The summed E-state index contributed by atoms with van der Waals surface area (Å²) in [5.74, 6) is 0.158. The molecule has 0 aliphatic heterocycles. The third-order valence-corrected chi connectivity index (χ3v) is 2.72. The van der Waals surface area contributed by atoms with E-state index < -0.39 is 0 Å². The first-order chi connectivity index (χ1) is 8.77. The molecule has 0 atom stereocenters. The number of benzene rings is 1. The predicted octanol–water partition coefficient (Wildman–Crippen LogP) is 1.27. The first-order valence-electron chi connectivity index (χ1n) is 6.23. The first-order valence-corrected chi connectivity index (χ1v) is 6.23. The van der Waals surface area contributed by atoms with Gasteiger partial charge in [-0.15, -0.1) is 0 Å². The van der Waals surface area contributed by atoms with E-state index in [9.17, 15) is 4.79 Å². The van der Waals surface area contributed by atoms with Gasteiger partial charge in [0.1, 0.15) is 0 Å². The molecule has 1 aromatic rings. The lowest BCUT2D eigenvalue weighted by atomic mass is 10.2. The third kappa shape index (κ3) is 5.29. The van der Waals surface area contributed by atoms with E-state index in [1.54, 1.807) is 7.11 Å². The van der Waals surface area contributed by atoms with Crippen molar-refractivity contribution in [2.24, 2.45) is 0 Å². The van der Waals surface area contributed by atoms with Crippen LogP contribution in [-0.2, 0) is 16.1 Å². The van der Waals surface area contributed by atoms with Crippen LogP contribution in [0.1, 0.15) is 12.0 Å². The van der Waals surface area contributed by atoms with Gasteiger partial charge >= 0.3 is 0 Å². The van der Waals surface area contributed by atoms with E-state index in [4.69, 9.17) is 4.74 Å². The smallest absolute Gasteiger partial charge is 0.224 e. The Morgan fingerprint density at radius 2 is 2.06 bits per heavy atom. The normalized spacial score (nSPS) is 10.3. The van der Waals surface area contributed by atoms with Gasteiger partial charge in [-0.1, -0.05) is 30.3 Å². The number of carbonyl (C=O) groups is 1. The summed E-state index contributed by atoms with van der Waals surface area (Å²) < 4.78 is 5.06. The predicted molar refractivity (Wildman–Crippen MR) is 72.3 cm³/mol. The second-order valence-electron chi connectivity index (χ2n) is 4.15. The molecule has 18 heavy (non-hydrogen) atoms. The van der Waals surface area contributed by atoms with Crippen molar-refractivity contribution in [1.29, 1.82) is 0 Å². The van der Waals surface area contributed by atoms with Crippen LogP contribution in [0, 0.1) is 0 Å². The number of rotatable bonds is 8. The highest BCUT2D eigenvalue weighted by Crippen LogP contribution is 2.05. The molecule has 0 saturated heterocycles. The molecule has 0 unspecified atom stereocenters. The second kappa shape index (κ2) is 8.66. The molecule has 0 heterocycles. The Morgan fingerprint density at radius 3 is 2.67 bits per heavy atom. The number of amides is 1. The molecular weight excluding hydrogens is 228 g/mol. The molecule has 4 heteroatoms. The van der Waals surface area contributed by atoms with Gasteiger partial charge in [-0.25, -0.2) is 0 Å². The fraction of sp³-hybridized carbons (Fsp3) is 0.500. The summed E-state index contributed by atoms with van der Waals surface area (Å²) in [4.78, 5) is 13.9. The highest BCUT2D eigenvalue weighted by atomic mass is 16.5. The zero-order valence-corrected chi connectivity index (χ0v) is 11.2. The van der Waals surface area contributed by atoms with E-state index in [1.165, 1.54) is 0 Å². The molecule has 0 aliphatic rings. The molecule has 0 aliphatic carbocycles. The number of hydrogen-bond acceptors (Lipinski definition) is 3. The van der Waals surface area contributed by atoms with Crippen molar-refractivity contribution in [2.75, 3.05) is 33.9 Å². The minimum atomic E-state index is 0.158. The van der Waals surface area contributed by atoms with E-state index in [0.717, 1.165) is 5.56 Å². The van der Waals surface area contributed by atoms with Gasteiger partial charge in [-0.05, 0) is 12.6 Å². The Kier molecular flexibility index (Phi) is 7.06. The van der Waals surface area contributed by atoms with Gasteiger partial charge in [0.2, 0.25) is 5.91 Å². The van der Waals surface area contributed by atoms with Gasteiger partial charge in [0.15, 0.2) is 0 Å². The Bertz CT molecular complexity index is 341. The van der Waals surface area contributed by atoms with Crippen LogP contribution in [0.3, 0.4) is 0 Å². The second-order valence-corrected chi connectivity index (χ2v) is 4.15. The zero-order valence-electron chi connectivity index (χ0n) is 11.2. The highest BCUT2D eigenvalue weighted by molar-refractivity contribution is 5.76. The quantitative estimate of drug-likeness (QED) is 0.755. The summed E-state index contributed by atoms with van der Waals surface area (Å²) in [5, 5.41) is 2.99. The van der Waals surface area contributed by atoms with Gasteiger partial charge in [-0.3, -0.25) is 4.79 Å². The molecule has 0 spiro atoms. The molecule has 1 amide bonds. The Labute approximate surface area is 109 Å². The van der Waals surface area contributed by atoms with Gasteiger partial charge in [0.05, 0.1) is 6.61 Å². The Balaban J connectivity index is 2.57. The van der Waals surface area contributed by atoms with Crippen LogP contribution in [0.5, 0.6) is 0 Å². The van der Waals surface area contributed by atoms with Crippen molar-refractivity contribution in [3.8, 4) is 0 Å². The topological polar surface area (TPSA) is 41.6 Å². The number of nitrogens with zero attached hydrogens (tertiary/aromatic N) is 1. The summed E-state index contributed by atoms with van der Waals surface area (Å²) in [6.07, 6.45) is 0.521. The summed E-state index contributed by atoms with van der Waals surface area (Å²) in [6.45, 7) is 2.55. The maximum absolute atomic E-state index is 12.0. The van der Waals surface area contributed by atoms with Crippen LogP contribution in [-0.4, -0.2) is 44.7 Å². The molecule has 0 radical (unpaired) electrons. The molecule has 0 bridgehead atoms. The minimum absolute atomic E-state index is 0.158. The lowest BCUT2D eigenvalue weighted by molar-refractivity contribution is -0.132. The third-order valence-electron chi connectivity index (χ3n) is 2.72. The molecular formula is C14H22N2O2. The zero-order chi connectivity index (χ0) is 13.2. The largest absolute Gasteiger partial charge is 0.383 e. The molecule has 1 rings (SSSR count). The number of hydrogen-bond donors (Lipinski definition) is 1. The molecule has 0 fully saturated rings. The van der Waals surface area contributed by atoms with Crippen LogP contribution in [0.2, 0.25) is 0 Å². The molecule has 1 N–H and O–H groups in total. The molecule has 0 saturated carbocycles. The Hall–Kier alpha value is -1.39. The molecule has 4 nitrogen and oxygen atoms in total.